The van der Waals surface area contributed by atoms with E-state index in [1.54, 1.807) is 18.4 Å². The van der Waals surface area contributed by atoms with Gasteiger partial charge in [0.2, 0.25) is 0 Å². The summed E-state index contributed by atoms with van der Waals surface area (Å²) < 4.78 is 5.26. The van der Waals surface area contributed by atoms with E-state index in [1.165, 1.54) is 10.4 Å². The fourth-order valence-electron chi connectivity index (χ4n) is 1.97. The number of methoxy groups -OCH3 is 1. The lowest BCUT2D eigenvalue weighted by Gasteiger charge is -2.17. The zero-order valence-electron chi connectivity index (χ0n) is 11.4. The van der Waals surface area contributed by atoms with Crippen molar-refractivity contribution < 1.29 is 4.74 Å². The Labute approximate surface area is 123 Å². The maximum atomic E-state index is 6.23. The van der Waals surface area contributed by atoms with Gasteiger partial charge in [0.05, 0.1) is 13.2 Å². The van der Waals surface area contributed by atoms with E-state index in [2.05, 4.69) is 30.4 Å². The SMILES string of the molecule is CCNC(c1ccc(C)c(Cl)c1)c1cc(OC)cs1. The average Bonchev–Trinajstić information content (AvgIpc) is 2.88. The highest BCUT2D eigenvalue weighted by Gasteiger charge is 2.16. The molecule has 1 heterocycles. The van der Waals surface area contributed by atoms with E-state index < -0.39 is 0 Å². The molecule has 2 rings (SSSR count). The molecule has 0 saturated carbocycles. The van der Waals surface area contributed by atoms with Crippen molar-refractivity contribution in [3.8, 4) is 5.75 Å². The van der Waals surface area contributed by atoms with Crippen LogP contribution in [0.15, 0.2) is 29.6 Å². The Balaban J connectivity index is 2.35. The molecular formula is C15H18ClNOS. The van der Waals surface area contributed by atoms with Crippen LogP contribution in [0.1, 0.15) is 29.0 Å². The van der Waals surface area contributed by atoms with Crippen LogP contribution in [0.3, 0.4) is 0 Å². The maximum Gasteiger partial charge on any atom is 0.129 e. The average molecular weight is 296 g/mol. The lowest BCUT2D eigenvalue weighted by Crippen LogP contribution is -2.21. The second-order valence-electron chi connectivity index (χ2n) is 4.39. The highest BCUT2D eigenvalue weighted by atomic mass is 35.5. The molecule has 2 nitrogen and oxygen atoms in total. The summed E-state index contributed by atoms with van der Waals surface area (Å²) >= 11 is 7.93. The van der Waals surface area contributed by atoms with Gasteiger partial charge in [-0.3, -0.25) is 0 Å². The molecule has 1 atom stereocenters. The van der Waals surface area contributed by atoms with E-state index in [0.29, 0.717) is 0 Å². The van der Waals surface area contributed by atoms with Crippen LogP contribution < -0.4 is 10.1 Å². The fraction of sp³-hybridized carbons (Fsp3) is 0.333. The molecule has 0 bridgehead atoms. The van der Waals surface area contributed by atoms with E-state index in [0.717, 1.165) is 22.9 Å². The molecule has 0 aliphatic carbocycles. The third kappa shape index (κ3) is 3.30. The molecule has 0 amide bonds. The Hall–Kier alpha value is -1.03. The van der Waals surface area contributed by atoms with Crippen LogP contribution in [0.5, 0.6) is 5.75 Å². The van der Waals surface area contributed by atoms with Gasteiger partial charge in [0, 0.05) is 15.3 Å². The predicted octanol–water partition coefficient (Wildman–Crippen LogP) is 4.42. The molecule has 0 fully saturated rings. The number of rotatable bonds is 5. The summed E-state index contributed by atoms with van der Waals surface area (Å²) in [6.45, 7) is 5.02. The zero-order chi connectivity index (χ0) is 13.8. The Kier molecular flexibility index (Phi) is 4.86. The fourth-order valence-corrected chi connectivity index (χ4v) is 3.11. The lowest BCUT2D eigenvalue weighted by molar-refractivity contribution is 0.416. The van der Waals surface area contributed by atoms with Gasteiger partial charge in [-0.05, 0) is 36.7 Å². The first-order valence-electron chi connectivity index (χ1n) is 6.27. The van der Waals surface area contributed by atoms with Crippen molar-refractivity contribution in [2.45, 2.75) is 19.9 Å². The van der Waals surface area contributed by atoms with Crippen molar-refractivity contribution in [2.24, 2.45) is 0 Å². The van der Waals surface area contributed by atoms with Crippen molar-refractivity contribution in [1.29, 1.82) is 0 Å². The van der Waals surface area contributed by atoms with Crippen LogP contribution in [0, 0.1) is 6.92 Å². The molecule has 4 heteroatoms. The molecule has 0 radical (unpaired) electrons. The molecule has 0 aliphatic rings. The largest absolute Gasteiger partial charge is 0.496 e. The summed E-state index contributed by atoms with van der Waals surface area (Å²) in [6, 6.07) is 8.47. The third-order valence-corrected chi connectivity index (χ3v) is 4.44. The Morgan fingerprint density at radius 2 is 2.16 bits per heavy atom. The molecular weight excluding hydrogens is 278 g/mol. The summed E-state index contributed by atoms with van der Waals surface area (Å²) in [4.78, 5) is 1.23. The van der Waals surface area contributed by atoms with E-state index in [9.17, 15) is 0 Å². The third-order valence-electron chi connectivity index (χ3n) is 3.05. The standard InChI is InChI=1S/C15H18ClNOS/c1-4-17-15(14-8-12(18-3)9-19-14)11-6-5-10(2)13(16)7-11/h5-9,15,17H,4H2,1-3H3. The number of thiophene rings is 1. The first-order chi connectivity index (χ1) is 9.15. The molecule has 2 aromatic rings. The van der Waals surface area contributed by atoms with Crippen LogP contribution >= 0.6 is 22.9 Å². The van der Waals surface area contributed by atoms with Crippen LogP contribution in [0.25, 0.3) is 0 Å². The molecule has 1 unspecified atom stereocenters. The number of hydrogen-bond acceptors (Lipinski definition) is 3. The van der Waals surface area contributed by atoms with Crippen molar-refractivity contribution >= 4 is 22.9 Å². The number of halogens is 1. The Morgan fingerprint density at radius 1 is 1.37 bits per heavy atom. The van der Waals surface area contributed by atoms with Crippen molar-refractivity contribution in [3.63, 3.8) is 0 Å². The van der Waals surface area contributed by atoms with Crippen LogP contribution in [0.4, 0.5) is 0 Å². The van der Waals surface area contributed by atoms with Gasteiger partial charge in [-0.15, -0.1) is 11.3 Å². The molecule has 0 saturated heterocycles. The quantitative estimate of drug-likeness (QED) is 0.882. The van der Waals surface area contributed by atoms with Crippen molar-refractivity contribution in [2.75, 3.05) is 13.7 Å². The van der Waals surface area contributed by atoms with Gasteiger partial charge < -0.3 is 10.1 Å². The first-order valence-corrected chi connectivity index (χ1v) is 7.53. The molecule has 0 aliphatic heterocycles. The number of hydrogen-bond donors (Lipinski definition) is 1. The second kappa shape index (κ2) is 6.42. The van der Waals surface area contributed by atoms with Gasteiger partial charge in [0.15, 0.2) is 0 Å². The molecule has 19 heavy (non-hydrogen) atoms. The number of aryl methyl sites for hydroxylation is 1. The monoisotopic (exact) mass is 295 g/mol. The number of nitrogens with one attached hydrogen (secondary N) is 1. The Morgan fingerprint density at radius 3 is 2.74 bits per heavy atom. The molecule has 102 valence electrons. The summed E-state index contributed by atoms with van der Waals surface area (Å²) in [5.74, 6) is 0.904. The molecule has 1 aromatic heterocycles. The van der Waals surface area contributed by atoms with Crippen LogP contribution in [-0.2, 0) is 0 Å². The molecule has 1 aromatic carbocycles. The second-order valence-corrected chi connectivity index (χ2v) is 5.74. The summed E-state index contributed by atoms with van der Waals surface area (Å²) in [5, 5.41) is 6.33. The van der Waals surface area contributed by atoms with Gasteiger partial charge in [-0.25, -0.2) is 0 Å². The van der Waals surface area contributed by atoms with Crippen molar-refractivity contribution in [1.82, 2.24) is 5.32 Å². The lowest BCUT2D eigenvalue weighted by atomic mass is 10.0. The van der Waals surface area contributed by atoms with Gasteiger partial charge in [0.1, 0.15) is 5.75 Å². The van der Waals surface area contributed by atoms with Gasteiger partial charge >= 0.3 is 0 Å². The van der Waals surface area contributed by atoms with E-state index in [-0.39, 0.29) is 6.04 Å². The molecule has 1 N–H and O–H groups in total. The van der Waals surface area contributed by atoms with Crippen LogP contribution in [-0.4, -0.2) is 13.7 Å². The highest BCUT2D eigenvalue weighted by Crippen LogP contribution is 2.32. The first kappa shape index (κ1) is 14.4. The maximum absolute atomic E-state index is 6.23. The summed E-state index contributed by atoms with van der Waals surface area (Å²) in [7, 11) is 1.69. The minimum absolute atomic E-state index is 0.164. The normalized spacial score (nSPS) is 12.4. The number of benzene rings is 1. The Bertz CT molecular complexity index is 553. The van der Waals surface area contributed by atoms with Crippen LogP contribution in [0.2, 0.25) is 5.02 Å². The smallest absolute Gasteiger partial charge is 0.129 e. The van der Waals surface area contributed by atoms with E-state index in [1.807, 2.05) is 18.4 Å². The van der Waals surface area contributed by atoms with Gasteiger partial charge in [0.25, 0.3) is 0 Å². The molecule has 0 spiro atoms. The highest BCUT2D eigenvalue weighted by molar-refractivity contribution is 7.10. The van der Waals surface area contributed by atoms with Gasteiger partial charge in [-0.2, -0.15) is 0 Å². The topological polar surface area (TPSA) is 21.3 Å². The predicted molar refractivity (Wildman–Crippen MR) is 82.6 cm³/mol. The zero-order valence-corrected chi connectivity index (χ0v) is 12.9. The minimum Gasteiger partial charge on any atom is -0.496 e. The van der Waals surface area contributed by atoms with Gasteiger partial charge in [-0.1, -0.05) is 30.7 Å². The number of ether oxygens (including phenoxy) is 1. The van der Waals surface area contributed by atoms with Crippen molar-refractivity contribution in [3.05, 3.63) is 50.7 Å². The summed E-state index contributed by atoms with van der Waals surface area (Å²) in [5.41, 5.74) is 2.28. The minimum atomic E-state index is 0.164. The van der Waals surface area contributed by atoms with E-state index in [4.69, 9.17) is 16.3 Å². The van der Waals surface area contributed by atoms with E-state index >= 15 is 0 Å². The summed E-state index contributed by atoms with van der Waals surface area (Å²) in [6.07, 6.45) is 0.